The van der Waals surface area contributed by atoms with E-state index in [1.54, 1.807) is 24.3 Å². The Morgan fingerprint density at radius 2 is 1.86 bits per heavy atom. The van der Waals surface area contributed by atoms with E-state index in [1.807, 2.05) is 0 Å². The maximum Gasteiger partial charge on any atom is 0.263 e. The van der Waals surface area contributed by atoms with Crippen molar-refractivity contribution in [1.82, 2.24) is 0 Å². The van der Waals surface area contributed by atoms with E-state index in [0.717, 1.165) is 10.8 Å². The zero-order valence-electron chi connectivity index (χ0n) is 7.18. The number of rotatable bonds is 1. The van der Waals surface area contributed by atoms with Gasteiger partial charge in [-0.15, -0.1) is 0 Å². The second-order valence-corrected chi connectivity index (χ2v) is 3.43. The predicted molar refractivity (Wildman–Crippen MR) is 53.9 cm³/mol. The average Bonchev–Trinajstić information content (AvgIpc) is 2.17. The number of fused-ring (bicyclic) bond motifs is 1. The molecule has 0 unspecified atom stereocenters. The Kier molecular flexibility index (Phi) is 2.38. The molecule has 0 aliphatic rings. The molecule has 3 heteroatoms. The highest BCUT2D eigenvalue weighted by atomic mass is 35.5. The van der Waals surface area contributed by atoms with Gasteiger partial charge in [0.25, 0.3) is 6.43 Å². The first-order valence-corrected chi connectivity index (χ1v) is 4.52. The standard InChI is InChI=1S/C11H7ClF2/c12-10-3-1-2-7-6-8(11(13)14)4-5-9(7)10/h1-6,11H. The maximum absolute atomic E-state index is 12.4. The van der Waals surface area contributed by atoms with Gasteiger partial charge in [-0.05, 0) is 17.5 Å². The van der Waals surface area contributed by atoms with Crippen LogP contribution in [0.2, 0.25) is 5.02 Å². The highest BCUT2D eigenvalue weighted by Gasteiger charge is 2.07. The van der Waals surface area contributed by atoms with Crippen LogP contribution in [0.5, 0.6) is 0 Å². The quantitative estimate of drug-likeness (QED) is 0.656. The van der Waals surface area contributed by atoms with Crippen molar-refractivity contribution in [2.24, 2.45) is 0 Å². The molecule has 0 amide bonds. The normalized spacial score (nSPS) is 11.1. The summed E-state index contributed by atoms with van der Waals surface area (Å²) >= 11 is 5.90. The summed E-state index contributed by atoms with van der Waals surface area (Å²) in [5.41, 5.74) is 0.0276. The van der Waals surface area contributed by atoms with E-state index in [9.17, 15) is 8.78 Å². The van der Waals surface area contributed by atoms with Gasteiger partial charge in [0, 0.05) is 16.0 Å². The smallest absolute Gasteiger partial charge is 0.205 e. The van der Waals surface area contributed by atoms with Crippen molar-refractivity contribution in [2.75, 3.05) is 0 Å². The van der Waals surface area contributed by atoms with Gasteiger partial charge in [-0.1, -0.05) is 35.9 Å². The maximum atomic E-state index is 12.4. The monoisotopic (exact) mass is 212 g/mol. The Morgan fingerprint density at radius 3 is 2.57 bits per heavy atom. The molecule has 0 nitrogen and oxygen atoms in total. The van der Waals surface area contributed by atoms with Gasteiger partial charge in [0.2, 0.25) is 0 Å². The topological polar surface area (TPSA) is 0 Å². The highest BCUT2D eigenvalue weighted by molar-refractivity contribution is 6.35. The summed E-state index contributed by atoms with van der Waals surface area (Å²) in [6.45, 7) is 0. The summed E-state index contributed by atoms with van der Waals surface area (Å²) in [5.74, 6) is 0. The molecule has 14 heavy (non-hydrogen) atoms. The van der Waals surface area contributed by atoms with E-state index in [0.29, 0.717) is 5.02 Å². The van der Waals surface area contributed by atoms with Gasteiger partial charge in [-0.2, -0.15) is 0 Å². The Balaban J connectivity index is 2.67. The van der Waals surface area contributed by atoms with Crippen LogP contribution in [0.15, 0.2) is 36.4 Å². The summed E-state index contributed by atoms with van der Waals surface area (Å²) in [6.07, 6.45) is -2.43. The van der Waals surface area contributed by atoms with E-state index in [-0.39, 0.29) is 5.56 Å². The van der Waals surface area contributed by atoms with Crippen LogP contribution in [-0.2, 0) is 0 Å². The number of halogens is 3. The van der Waals surface area contributed by atoms with Crippen molar-refractivity contribution >= 4 is 22.4 Å². The Labute approximate surface area is 85.1 Å². The summed E-state index contributed by atoms with van der Waals surface area (Å²) in [7, 11) is 0. The van der Waals surface area contributed by atoms with E-state index >= 15 is 0 Å². The lowest BCUT2D eigenvalue weighted by Gasteiger charge is -2.03. The van der Waals surface area contributed by atoms with Crippen LogP contribution in [-0.4, -0.2) is 0 Å². The fourth-order valence-electron chi connectivity index (χ4n) is 1.40. The third-order valence-electron chi connectivity index (χ3n) is 2.10. The van der Waals surface area contributed by atoms with E-state index in [1.165, 1.54) is 12.1 Å². The molecule has 2 aromatic carbocycles. The van der Waals surface area contributed by atoms with Crippen LogP contribution >= 0.6 is 11.6 Å². The molecule has 0 atom stereocenters. The molecule has 0 spiro atoms. The number of hydrogen-bond acceptors (Lipinski definition) is 0. The van der Waals surface area contributed by atoms with Crippen molar-refractivity contribution in [3.8, 4) is 0 Å². The van der Waals surface area contributed by atoms with Crippen LogP contribution in [0, 0.1) is 0 Å². The second-order valence-electron chi connectivity index (χ2n) is 3.02. The van der Waals surface area contributed by atoms with Crippen LogP contribution in [0.25, 0.3) is 10.8 Å². The second kappa shape index (κ2) is 3.54. The van der Waals surface area contributed by atoms with Crippen molar-refractivity contribution in [3.05, 3.63) is 47.0 Å². The Bertz CT molecular complexity index is 466. The fourth-order valence-corrected chi connectivity index (χ4v) is 1.64. The number of hydrogen-bond donors (Lipinski definition) is 0. The van der Waals surface area contributed by atoms with Crippen molar-refractivity contribution in [1.29, 1.82) is 0 Å². The molecular formula is C11H7ClF2. The minimum atomic E-state index is -2.43. The van der Waals surface area contributed by atoms with Crippen LogP contribution in [0.4, 0.5) is 8.78 Å². The van der Waals surface area contributed by atoms with Crippen LogP contribution in [0.1, 0.15) is 12.0 Å². The molecule has 0 radical (unpaired) electrons. The SMILES string of the molecule is FC(F)c1ccc2c(Cl)cccc2c1. The number of benzene rings is 2. The molecule has 2 aromatic rings. The fraction of sp³-hybridized carbons (Fsp3) is 0.0909. The molecule has 0 fully saturated rings. The minimum absolute atomic E-state index is 0.0276. The molecule has 0 N–H and O–H groups in total. The molecule has 0 saturated heterocycles. The molecule has 0 heterocycles. The third kappa shape index (κ3) is 1.58. The van der Waals surface area contributed by atoms with Crippen molar-refractivity contribution in [3.63, 3.8) is 0 Å². The Morgan fingerprint density at radius 1 is 1.07 bits per heavy atom. The lowest BCUT2D eigenvalue weighted by atomic mass is 10.1. The van der Waals surface area contributed by atoms with Crippen molar-refractivity contribution < 1.29 is 8.78 Å². The summed E-state index contributed by atoms with van der Waals surface area (Å²) in [4.78, 5) is 0. The van der Waals surface area contributed by atoms with Gasteiger partial charge in [0.15, 0.2) is 0 Å². The van der Waals surface area contributed by atoms with Gasteiger partial charge < -0.3 is 0 Å². The zero-order valence-corrected chi connectivity index (χ0v) is 7.93. The first-order valence-electron chi connectivity index (χ1n) is 4.15. The molecule has 0 aliphatic heterocycles. The van der Waals surface area contributed by atoms with Gasteiger partial charge in [0.05, 0.1) is 0 Å². The molecule has 2 rings (SSSR count). The highest BCUT2D eigenvalue weighted by Crippen LogP contribution is 2.27. The largest absolute Gasteiger partial charge is 0.263 e. The lowest BCUT2D eigenvalue weighted by Crippen LogP contribution is -1.83. The lowest BCUT2D eigenvalue weighted by molar-refractivity contribution is 0.151. The molecular weight excluding hydrogens is 206 g/mol. The summed E-state index contributed by atoms with van der Waals surface area (Å²) in [6, 6.07) is 9.75. The average molecular weight is 213 g/mol. The van der Waals surface area contributed by atoms with Gasteiger partial charge in [0.1, 0.15) is 0 Å². The van der Waals surface area contributed by atoms with Gasteiger partial charge >= 0.3 is 0 Å². The molecule has 0 aromatic heterocycles. The summed E-state index contributed by atoms with van der Waals surface area (Å²) < 4.78 is 24.7. The van der Waals surface area contributed by atoms with E-state index < -0.39 is 6.43 Å². The number of alkyl halides is 2. The molecule has 0 bridgehead atoms. The molecule has 0 aliphatic carbocycles. The first-order chi connectivity index (χ1) is 6.68. The third-order valence-corrected chi connectivity index (χ3v) is 2.43. The van der Waals surface area contributed by atoms with Crippen molar-refractivity contribution in [2.45, 2.75) is 6.43 Å². The van der Waals surface area contributed by atoms with Crippen LogP contribution in [0.3, 0.4) is 0 Å². The first kappa shape index (κ1) is 9.41. The predicted octanol–water partition coefficient (Wildman–Crippen LogP) is 4.43. The van der Waals surface area contributed by atoms with Gasteiger partial charge in [-0.3, -0.25) is 0 Å². The van der Waals surface area contributed by atoms with E-state index in [4.69, 9.17) is 11.6 Å². The summed E-state index contributed by atoms with van der Waals surface area (Å²) in [5, 5.41) is 2.14. The Hall–Kier alpha value is -1.15. The van der Waals surface area contributed by atoms with Gasteiger partial charge in [-0.25, -0.2) is 8.78 Å². The van der Waals surface area contributed by atoms with Crippen LogP contribution < -0.4 is 0 Å². The minimum Gasteiger partial charge on any atom is -0.205 e. The van der Waals surface area contributed by atoms with E-state index in [2.05, 4.69) is 0 Å². The molecule has 0 saturated carbocycles. The zero-order chi connectivity index (χ0) is 10.1. The molecule has 72 valence electrons.